The Hall–Kier alpha value is -0.120. The summed E-state index contributed by atoms with van der Waals surface area (Å²) in [5.74, 6) is 0.654. The Morgan fingerprint density at radius 1 is 1.31 bits per heavy atom. The monoisotopic (exact) mass is 228 g/mol. The highest BCUT2D eigenvalue weighted by Crippen LogP contribution is 2.04. The van der Waals surface area contributed by atoms with Crippen LogP contribution in [0, 0.1) is 5.92 Å². The molecule has 0 spiro atoms. The zero-order valence-corrected chi connectivity index (χ0v) is 10.9. The maximum absolute atomic E-state index is 5.56. The summed E-state index contributed by atoms with van der Waals surface area (Å²) in [5, 5.41) is 7.07. The van der Waals surface area contributed by atoms with Crippen molar-refractivity contribution in [3.05, 3.63) is 0 Å². The van der Waals surface area contributed by atoms with Crippen molar-refractivity contribution >= 4 is 0 Å². The molecule has 0 saturated carbocycles. The first-order valence-electron chi connectivity index (χ1n) is 6.81. The van der Waals surface area contributed by atoms with Crippen molar-refractivity contribution < 1.29 is 4.74 Å². The van der Waals surface area contributed by atoms with Crippen LogP contribution in [0.5, 0.6) is 0 Å². The number of hydrogen-bond donors (Lipinski definition) is 2. The molecule has 1 aliphatic heterocycles. The Balaban J connectivity index is 1.89. The van der Waals surface area contributed by atoms with Gasteiger partial charge in [-0.3, -0.25) is 0 Å². The highest BCUT2D eigenvalue weighted by molar-refractivity contribution is 4.72. The lowest BCUT2D eigenvalue weighted by molar-refractivity contribution is 0.107. The van der Waals surface area contributed by atoms with Crippen molar-refractivity contribution in [1.29, 1.82) is 0 Å². The van der Waals surface area contributed by atoms with Gasteiger partial charge in [-0.15, -0.1) is 0 Å². The minimum absolute atomic E-state index is 0.654. The summed E-state index contributed by atoms with van der Waals surface area (Å²) in [5.41, 5.74) is 0. The zero-order valence-electron chi connectivity index (χ0n) is 10.9. The van der Waals surface area contributed by atoms with E-state index in [1.807, 2.05) is 0 Å². The summed E-state index contributed by atoms with van der Waals surface area (Å²) in [6.45, 7) is 9.64. The summed E-state index contributed by atoms with van der Waals surface area (Å²) in [7, 11) is 0. The van der Waals surface area contributed by atoms with Crippen LogP contribution >= 0.6 is 0 Å². The lowest BCUT2D eigenvalue weighted by Crippen LogP contribution is -2.31. The van der Waals surface area contributed by atoms with E-state index in [1.54, 1.807) is 0 Å². The predicted octanol–water partition coefficient (Wildman–Crippen LogP) is 1.78. The van der Waals surface area contributed by atoms with E-state index in [2.05, 4.69) is 24.5 Å². The van der Waals surface area contributed by atoms with Crippen LogP contribution in [-0.4, -0.2) is 38.9 Å². The first kappa shape index (κ1) is 13.9. The third kappa shape index (κ3) is 7.20. The lowest BCUT2D eigenvalue weighted by Gasteiger charge is -2.15. The molecule has 0 aromatic rings. The minimum atomic E-state index is 0.654. The molecule has 1 heterocycles. The van der Waals surface area contributed by atoms with Gasteiger partial charge in [-0.25, -0.2) is 0 Å². The van der Waals surface area contributed by atoms with E-state index in [4.69, 9.17) is 4.74 Å². The second-order valence-corrected chi connectivity index (χ2v) is 5.15. The van der Waals surface area contributed by atoms with Crippen molar-refractivity contribution in [3.63, 3.8) is 0 Å². The van der Waals surface area contributed by atoms with Crippen LogP contribution in [0.2, 0.25) is 0 Å². The van der Waals surface area contributed by atoms with E-state index in [-0.39, 0.29) is 0 Å². The van der Waals surface area contributed by atoms with Gasteiger partial charge in [-0.05, 0) is 51.2 Å². The van der Waals surface area contributed by atoms with Crippen molar-refractivity contribution in [2.24, 2.45) is 5.92 Å². The molecular weight excluding hydrogens is 200 g/mol. The Morgan fingerprint density at radius 3 is 3.00 bits per heavy atom. The van der Waals surface area contributed by atoms with Crippen LogP contribution < -0.4 is 10.6 Å². The average Bonchev–Trinajstić information content (AvgIpc) is 2.51. The molecule has 1 atom stereocenters. The van der Waals surface area contributed by atoms with Gasteiger partial charge in [0.25, 0.3) is 0 Å². The van der Waals surface area contributed by atoms with Crippen LogP contribution in [0.1, 0.15) is 39.5 Å². The molecule has 16 heavy (non-hydrogen) atoms. The third-order valence-electron chi connectivity index (χ3n) is 2.93. The molecule has 0 aromatic heterocycles. The molecule has 3 heteroatoms. The predicted molar refractivity (Wildman–Crippen MR) is 68.8 cm³/mol. The molecule has 0 amide bonds. The normalized spacial score (nSPS) is 22.3. The number of nitrogens with one attached hydrogen (secondary N) is 2. The van der Waals surface area contributed by atoms with Crippen LogP contribution in [-0.2, 0) is 4.74 Å². The number of rotatable bonds is 7. The first-order valence-corrected chi connectivity index (χ1v) is 6.81. The van der Waals surface area contributed by atoms with Crippen molar-refractivity contribution in [1.82, 2.24) is 10.6 Å². The fourth-order valence-corrected chi connectivity index (χ4v) is 2.02. The molecule has 96 valence electrons. The van der Waals surface area contributed by atoms with Crippen LogP contribution in [0.3, 0.4) is 0 Å². The van der Waals surface area contributed by atoms with E-state index in [1.165, 1.54) is 32.4 Å². The Bertz CT molecular complexity index is 154. The summed E-state index contributed by atoms with van der Waals surface area (Å²) in [4.78, 5) is 0. The SMILES string of the molecule is CC(C)COCCCNC1CCCNCC1. The average molecular weight is 228 g/mol. The lowest BCUT2D eigenvalue weighted by atomic mass is 10.1. The second kappa shape index (κ2) is 8.97. The van der Waals surface area contributed by atoms with Gasteiger partial charge < -0.3 is 15.4 Å². The highest BCUT2D eigenvalue weighted by Gasteiger charge is 2.10. The molecule has 1 aliphatic rings. The van der Waals surface area contributed by atoms with Crippen LogP contribution in [0.15, 0.2) is 0 Å². The van der Waals surface area contributed by atoms with E-state index < -0.39 is 0 Å². The Labute approximate surface area is 100 Å². The van der Waals surface area contributed by atoms with Crippen molar-refractivity contribution in [2.75, 3.05) is 32.8 Å². The molecule has 0 aromatic carbocycles. The molecule has 2 N–H and O–H groups in total. The fourth-order valence-electron chi connectivity index (χ4n) is 2.02. The maximum Gasteiger partial charge on any atom is 0.0489 e. The third-order valence-corrected chi connectivity index (χ3v) is 2.93. The van der Waals surface area contributed by atoms with Crippen LogP contribution in [0.4, 0.5) is 0 Å². The van der Waals surface area contributed by atoms with Gasteiger partial charge in [0, 0.05) is 19.3 Å². The van der Waals surface area contributed by atoms with E-state index >= 15 is 0 Å². The van der Waals surface area contributed by atoms with Gasteiger partial charge >= 0.3 is 0 Å². The molecule has 0 radical (unpaired) electrons. The quantitative estimate of drug-likeness (QED) is 0.652. The summed E-state index contributed by atoms with van der Waals surface area (Å²) in [6.07, 6.45) is 5.03. The van der Waals surface area contributed by atoms with Gasteiger partial charge in [0.1, 0.15) is 0 Å². The molecule has 1 saturated heterocycles. The van der Waals surface area contributed by atoms with Gasteiger partial charge in [-0.1, -0.05) is 13.8 Å². The van der Waals surface area contributed by atoms with Crippen LogP contribution in [0.25, 0.3) is 0 Å². The highest BCUT2D eigenvalue weighted by atomic mass is 16.5. The summed E-state index contributed by atoms with van der Waals surface area (Å²) >= 11 is 0. The Morgan fingerprint density at radius 2 is 2.19 bits per heavy atom. The first-order chi connectivity index (χ1) is 7.79. The van der Waals surface area contributed by atoms with Crippen molar-refractivity contribution in [2.45, 2.75) is 45.6 Å². The van der Waals surface area contributed by atoms with Gasteiger partial charge in [0.05, 0.1) is 0 Å². The maximum atomic E-state index is 5.56. The zero-order chi connectivity index (χ0) is 11.6. The minimum Gasteiger partial charge on any atom is -0.381 e. The van der Waals surface area contributed by atoms with E-state index in [9.17, 15) is 0 Å². The number of ether oxygens (including phenoxy) is 1. The van der Waals surface area contributed by atoms with Gasteiger partial charge in [0.2, 0.25) is 0 Å². The number of hydrogen-bond acceptors (Lipinski definition) is 3. The van der Waals surface area contributed by atoms with Gasteiger partial charge in [-0.2, -0.15) is 0 Å². The summed E-state index contributed by atoms with van der Waals surface area (Å²) in [6, 6.07) is 0.722. The standard InChI is InChI=1S/C13H28N2O/c1-12(2)11-16-10-4-8-15-13-5-3-7-14-9-6-13/h12-15H,3-11H2,1-2H3. The van der Waals surface area contributed by atoms with Crippen molar-refractivity contribution in [3.8, 4) is 0 Å². The molecule has 1 unspecified atom stereocenters. The Kier molecular flexibility index (Phi) is 7.81. The second-order valence-electron chi connectivity index (χ2n) is 5.15. The molecule has 0 aliphatic carbocycles. The van der Waals surface area contributed by atoms with E-state index in [0.717, 1.165) is 32.2 Å². The topological polar surface area (TPSA) is 33.3 Å². The summed E-state index contributed by atoms with van der Waals surface area (Å²) < 4.78 is 5.56. The molecule has 3 nitrogen and oxygen atoms in total. The molecule has 1 fully saturated rings. The molecule has 1 rings (SSSR count). The van der Waals surface area contributed by atoms with E-state index in [0.29, 0.717) is 5.92 Å². The smallest absolute Gasteiger partial charge is 0.0489 e. The fraction of sp³-hybridized carbons (Fsp3) is 1.00. The molecule has 0 bridgehead atoms. The largest absolute Gasteiger partial charge is 0.381 e. The molecular formula is C13H28N2O. The van der Waals surface area contributed by atoms with Gasteiger partial charge in [0.15, 0.2) is 0 Å².